The summed E-state index contributed by atoms with van der Waals surface area (Å²) >= 11 is 0. The monoisotopic (exact) mass is 270 g/mol. The molecule has 0 saturated carbocycles. The molecule has 1 aliphatic rings. The van der Waals surface area contributed by atoms with Crippen LogP contribution < -0.4 is 14.2 Å². The van der Waals surface area contributed by atoms with Gasteiger partial charge in [-0.1, -0.05) is 24.3 Å². The van der Waals surface area contributed by atoms with Gasteiger partial charge in [-0.05, 0) is 29.8 Å². The first-order valence-electron chi connectivity index (χ1n) is 6.39. The Morgan fingerprint density at radius 1 is 1.10 bits per heavy atom. The number of carbonyl (C=O) groups excluding carboxylic acids is 1. The van der Waals surface area contributed by atoms with Crippen LogP contribution in [0.3, 0.4) is 0 Å². The molecule has 2 aromatic carbocycles. The molecule has 2 aromatic rings. The maximum absolute atomic E-state index is 10.9. The lowest BCUT2D eigenvalue weighted by Gasteiger charge is -2.26. The molecule has 0 spiro atoms. The van der Waals surface area contributed by atoms with Crippen molar-refractivity contribution in [2.45, 2.75) is 13.0 Å². The van der Waals surface area contributed by atoms with E-state index < -0.39 is 0 Å². The van der Waals surface area contributed by atoms with E-state index in [0.717, 1.165) is 17.1 Å². The van der Waals surface area contributed by atoms with Gasteiger partial charge < -0.3 is 14.2 Å². The van der Waals surface area contributed by atoms with E-state index in [2.05, 4.69) is 0 Å². The Bertz CT molecular complexity index is 619. The van der Waals surface area contributed by atoms with Crippen molar-refractivity contribution in [3.8, 4) is 17.2 Å². The quantitative estimate of drug-likeness (QED) is 0.621. The van der Waals surface area contributed by atoms with Gasteiger partial charge in [0.2, 0.25) is 0 Å². The van der Waals surface area contributed by atoms with Crippen molar-refractivity contribution in [3.63, 3.8) is 0 Å². The van der Waals surface area contributed by atoms with Crippen molar-refractivity contribution in [3.05, 3.63) is 54.1 Å². The second-order valence-corrected chi connectivity index (χ2v) is 4.53. The minimum Gasteiger partial charge on any atom is -0.485 e. The molecule has 102 valence electrons. The summed E-state index contributed by atoms with van der Waals surface area (Å²) < 4.78 is 16.6. The van der Waals surface area contributed by atoms with Gasteiger partial charge in [0.05, 0.1) is 0 Å². The molecule has 0 fully saturated rings. The maximum Gasteiger partial charge on any atom is 0.308 e. The fraction of sp³-hybridized carbons (Fsp3) is 0.188. The molecule has 1 atom stereocenters. The first kappa shape index (κ1) is 12.5. The normalized spacial score (nSPS) is 16.6. The zero-order valence-electron chi connectivity index (χ0n) is 11.0. The highest BCUT2D eigenvalue weighted by atomic mass is 16.6. The molecule has 0 amide bonds. The van der Waals surface area contributed by atoms with Gasteiger partial charge in [-0.3, -0.25) is 4.79 Å². The van der Waals surface area contributed by atoms with Crippen LogP contribution in [-0.2, 0) is 4.79 Å². The van der Waals surface area contributed by atoms with E-state index in [9.17, 15) is 4.79 Å². The second kappa shape index (κ2) is 5.25. The highest BCUT2D eigenvalue weighted by molar-refractivity contribution is 5.69. The van der Waals surface area contributed by atoms with Crippen molar-refractivity contribution >= 4 is 5.97 Å². The number of para-hydroxylation sites is 2. The molecule has 4 heteroatoms. The predicted octanol–water partition coefficient (Wildman–Crippen LogP) is 3.12. The van der Waals surface area contributed by atoms with Gasteiger partial charge in [0, 0.05) is 6.92 Å². The first-order valence-corrected chi connectivity index (χ1v) is 6.39. The van der Waals surface area contributed by atoms with Crippen molar-refractivity contribution < 1.29 is 19.0 Å². The Balaban J connectivity index is 1.76. The number of fused-ring (bicyclic) bond motifs is 1. The molecule has 1 unspecified atom stereocenters. The van der Waals surface area contributed by atoms with Gasteiger partial charge in [0.25, 0.3) is 0 Å². The minimum atomic E-state index is -0.330. The molecule has 1 aliphatic heterocycles. The van der Waals surface area contributed by atoms with Crippen LogP contribution in [0.2, 0.25) is 0 Å². The maximum atomic E-state index is 10.9. The van der Waals surface area contributed by atoms with Gasteiger partial charge in [-0.15, -0.1) is 0 Å². The molecule has 4 nitrogen and oxygen atoms in total. The lowest BCUT2D eigenvalue weighted by molar-refractivity contribution is -0.131. The molecule has 0 bridgehead atoms. The number of carbonyl (C=O) groups is 1. The Kier molecular flexibility index (Phi) is 3.29. The lowest BCUT2D eigenvalue weighted by atomic mass is 10.1. The standard InChI is InChI=1S/C16H14O4/c1-11(17)19-13-8-6-12(7-9-13)16-10-18-14-4-2-3-5-15(14)20-16/h2-9,16H,10H2,1H3. The summed E-state index contributed by atoms with van der Waals surface area (Å²) in [6.07, 6.45) is -0.156. The smallest absolute Gasteiger partial charge is 0.308 e. The third kappa shape index (κ3) is 2.59. The van der Waals surface area contributed by atoms with Gasteiger partial charge in [0.1, 0.15) is 12.4 Å². The number of benzene rings is 2. The molecule has 20 heavy (non-hydrogen) atoms. The number of hydrogen-bond acceptors (Lipinski definition) is 4. The molecule has 3 rings (SSSR count). The molecule has 0 aliphatic carbocycles. The third-order valence-corrected chi connectivity index (χ3v) is 3.02. The number of rotatable bonds is 2. The highest BCUT2D eigenvalue weighted by Gasteiger charge is 2.22. The van der Waals surface area contributed by atoms with Crippen LogP contribution in [0.25, 0.3) is 0 Å². The fourth-order valence-corrected chi connectivity index (χ4v) is 2.10. The highest BCUT2D eigenvalue weighted by Crippen LogP contribution is 2.36. The fourth-order valence-electron chi connectivity index (χ4n) is 2.10. The van der Waals surface area contributed by atoms with Crippen LogP contribution >= 0.6 is 0 Å². The van der Waals surface area contributed by atoms with Crippen molar-refractivity contribution in [1.82, 2.24) is 0 Å². The molecular formula is C16H14O4. The number of hydrogen-bond donors (Lipinski definition) is 0. The predicted molar refractivity (Wildman–Crippen MR) is 73.1 cm³/mol. The summed E-state index contributed by atoms with van der Waals surface area (Å²) in [7, 11) is 0. The average molecular weight is 270 g/mol. The molecule has 0 saturated heterocycles. The summed E-state index contributed by atoms with van der Waals surface area (Å²) in [6.45, 7) is 1.84. The molecule has 0 N–H and O–H groups in total. The van der Waals surface area contributed by atoms with E-state index in [4.69, 9.17) is 14.2 Å². The van der Waals surface area contributed by atoms with Crippen LogP contribution in [-0.4, -0.2) is 12.6 Å². The van der Waals surface area contributed by atoms with Gasteiger partial charge in [-0.2, -0.15) is 0 Å². The SMILES string of the molecule is CC(=O)Oc1ccc(C2COc3ccccc3O2)cc1. The van der Waals surface area contributed by atoms with Crippen LogP contribution in [0.4, 0.5) is 0 Å². The number of ether oxygens (including phenoxy) is 3. The van der Waals surface area contributed by atoms with Crippen LogP contribution in [0, 0.1) is 0 Å². The van der Waals surface area contributed by atoms with E-state index in [1.165, 1.54) is 6.92 Å². The van der Waals surface area contributed by atoms with Crippen LogP contribution in [0.5, 0.6) is 17.2 Å². The Labute approximate surface area is 116 Å². The zero-order valence-corrected chi connectivity index (χ0v) is 11.0. The summed E-state index contributed by atoms with van der Waals surface area (Å²) in [5.41, 5.74) is 0.982. The van der Waals surface area contributed by atoms with Crippen LogP contribution in [0.15, 0.2) is 48.5 Å². The topological polar surface area (TPSA) is 44.8 Å². The Morgan fingerprint density at radius 3 is 2.50 bits per heavy atom. The summed E-state index contributed by atoms with van der Waals surface area (Å²) in [5.74, 6) is 1.70. The zero-order chi connectivity index (χ0) is 13.9. The lowest BCUT2D eigenvalue weighted by Crippen LogP contribution is -2.21. The van der Waals surface area contributed by atoms with E-state index in [0.29, 0.717) is 12.4 Å². The van der Waals surface area contributed by atoms with Gasteiger partial charge >= 0.3 is 5.97 Å². The van der Waals surface area contributed by atoms with Gasteiger partial charge in [0.15, 0.2) is 17.6 Å². The second-order valence-electron chi connectivity index (χ2n) is 4.53. The van der Waals surface area contributed by atoms with E-state index in [1.54, 1.807) is 12.1 Å². The molecule has 0 radical (unpaired) electrons. The number of esters is 1. The van der Waals surface area contributed by atoms with Crippen molar-refractivity contribution in [2.75, 3.05) is 6.61 Å². The molecular weight excluding hydrogens is 256 g/mol. The Morgan fingerprint density at radius 2 is 1.80 bits per heavy atom. The van der Waals surface area contributed by atoms with Crippen molar-refractivity contribution in [2.24, 2.45) is 0 Å². The summed E-state index contributed by atoms with van der Waals surface area (Å²) in [5, 5.41) is 0. The molecule has 1 heterocycles. The van der Waals surface area contributed by atoms with E-state index >= 15 is 0 Å². The average Bonchev–Trinajstić information content (AvgIpc) is 2.47. The first-order chi connectivity index (χ1) is 9.72. The minimum absolute atomic E-state index is 0.156. The van der Waals surface area contributed by atoms with E-state index in [-0.39, 0.29) is 12.1 Å². The van der Waals surface area contributed by atoms with Gasteiger partial charge in [-0.25, -0.2) is 0 Å². The Hall–Kier alpha value is -2.49. The van der Waals surface area contributed by atoms with Crippen molar-refractivity contribution in [1.29, 1.82) is 0 Å². The summed E-state index contributed by atoms with van der Waals surface area (Å²) in [6, 6.07) is 14.8. The molecule has 0 aromatic heterocycles. The van der Waals surface area contributed by atoms with Crippen LogP contribution in [0.1, 0.15) is 18.6 Å². The summed E-state index contributed by atoms with van der Waals surface area (Å²) in [4.78, 5) is 10.9. The van der Waals surface area contributed by atoms with E-state index in [1.807, 2.05) is 36.4 Å². The largest absolute Gasteiger partial charge is 0.485 e. The third-order valence-electron chi connectivity index (χ3n) is 3.02.